The van der Waals surface area contributed by atoms with E-state index in [1.54, 1.807) is 31.4 Å². The van der Waals surface area contributed by atoms with E-state index in [1.807, 2.05) is 0 Å². The lowest BCUT2D eigenvalue weighted by Gasteiger charge is -2.03. The molecule has 76 valence electrons. The number of carbonyl (C=O) groups is 1. The molecule has 0 aliphatic heterocycles. The Morgan fingerprint density at radius 1 is 1.43 bits per heavy atom. The molecule has 0 saturated heterocycles. The smallest absolute Gasteiger partial charge is 0.251 e. The second-order valence-corrected chi connectivity index (χ2v) is 3.47. The molecule has 0 spiro atoms. The maximum absolute atomic E-state index is 11.4. The van der Waals surface area contributed by atoms with Crippen molar-refractivity contribution in [3.63, 3.8) is 0 Å². The molecule has 0 aliphatic rings. The van der Waals surface area contributed by atoms with Crippen molar-refractivity contribution in [3.8, 4) is 5.75 Å². The van der Waals surface area contributed by atoms with Crippen molar-refractivity contribution in [1.29, 1.82) is 0 Å². The summed E-state index contributed by atoms with van der Waals surface area (Å²) >= 11 is 3.24. The fourth-order valence-electron chi connectivity index (χ4n) is 1.01. The summed E-state index contributed by atoms with van der Waals surface area (Å²) in [4.78, 5) is 11.4. The van der Waals surface area contributed by atoms with Crippen LogP contribution in [-0.4, -0.2) is 24.9 Å². The second-order valence-electron chi connectivity index (χ2n) is 2.67. The van der Waals surface area contributed by atoms with Gasteiger partial charge in [-0.2, -0.15) is 0 Å². The van der Waals surface area contributed by atoms with E-state index in [4.69, 9.17) is 4.74 Å². The van der Waals surface area contributed by atoms with Crippen LogP contribution in [0.2, 0.25) is 0 Å². The van der Waals surface area contributed by atoms with Crippen LogP contribution in [0, 0.1) is 0 Å². The van der Waals surface area contributed by atoms with Crippen molar-refractivity contribution in [1.82, 2.24) is 5.32 Å². The lowest BCUT2D eigenvalue weighted by Crippen LogP contribution is -2.24. The Hall–Kier alpha value is -1.03. The highest BCUT2D eigenvalue weighted by Crippen LogP contribution is 2.10. The van der Waals surface area contributed by atoms with Crippen LogP contribution in [-0.2, 0) is 0 Å². The topological polar surface area (TPSA) is 38.3 Å². The minimum absolute atomic E-state index is 0.0629. The van der Waals surface area contributed by atoms with Crippen molar-refractivity contribution in [3.05, 3.63) is 29.8 Å². The van der Waals surface area contributed by atoms with Gasteiger partial charge in [-0.3, -0.25) is 4.79 Å². The Balaban J connectivity index is 2.62. The lowest BCUT2D eigenvalue weighted by molar-refractivity contribution is 0.0956. The molecule has 0 aliphatic carbocycles. The highest BCUT2D eigenvalue weighted by atomic mass is 79.9. The second kappa shape index (κ2) is 5.65. The largest absolute Gasteiger partial charge is 0.497 e. The van der Waals surface area contributed by atoms with Crippen LogP contribution in [0.1, 0.15) is 10.4 Å². The molecule has 0 saturated carbocycles. The summed E-state index contributed by atoms with van der Waals surface area (Å²) in [6, 6.07) is 7.01. The summed E-state index contributed by atoms with van der Waals surface area (Å²) in [5, 5.41) is 3.52. The zero-order valence-corrected chi connectivity index (χ0v) is 9.50. The molecule has 1 aromatic carbocycles. The van der Waals surface area contributed by atoms with E-state index in [1.165, 1.54) is 0 Å². The number of methoxy groups -OCH3 is 1. The molecule has 4 heteroatoms. The Morgan fingerprint density at radius 3 is 2.57 bits per heavy atom. The maximum atomic E-state index is 11.4. The molecule has 1 amide bonds. The van der Waals surface area contributed by atoms with Gasteiger partial charge in [0.2, 0.25) is 0 Å². The minimum atomic E-state index is -0.0629. The highest BCUT2D eigenvalue weighted by Gasteiger charge is 2.03. The Labute approximate surface area is 91.6 Å². The van der Waals surface area contributed by atoms with Gasteiger partial charge in [0.25, 0.3) is 5.91 Å². The van der Waals surface area contributed by atoms with Gasteiger partial charge in [-0.15, -0.1) is 0 Å². The molecule has 0 unspecified atom stereocenters. The quantitative estimate of drug-likeness (QED) is 0.836. The third kappa shape index (κ3) is 3.03. The zero-order valence-electron chi connectivity index (χ0n) is 7.92. The summed E-state index contributed by atoms with van der Waals surface area (Å²) in [6.45, 7) is 0.630. The van der Waals surface area contributed by atoms with Gasteiger partial charge in [0.1, 0.15) is 5.75 Å². The molecule has 1 rings (SSSR count). The number of carbonyl (C=O) groups excluding carboxylic acids is 1. The van der Waals surface area contributed by atoms with E-state index in [-0.39, 0.29) is 5.91 Å². The monoisotopic (exact) mass is 257 g/mol. The van der Waals surface area contributed by atoms with E-state index in [0.29, 0.717) is 12.1 Å². The first-order valence-electron chi connectivity index (χ1n) is 4.26. The summed E-state index contributed by atoms with van der Waals surface area (Å²) < 4.78 is 4.99. The fraction of sp³-hybridized carbons (Fsp3) is 0.300. The van der Waals surface area contributed by atoms with E-state index in [9.17, 15) is 4.79 Å². The van der Waals surface area contributed by atoms with Crippen LogP contribution in [0.4, 0.5) is 0 Å². The molecule has 0 aromatic heterocycles. The van der Waals surface area contributed by atoms with Crippen LogP contribution >= 0.6 is 15.9 Å². The molecule has 0 heterocycles. The fourth-order valence-corrected chi connectivity index (χ4v) is 1.20. The van der Waals surface area contributed by atoms with Crippen LogP contribution in [0.15, 0.2) is 24.3 Å². The average Bonchev–Trinajstić information content (AvgIpc) is 2.26. The van der Waals surface area contributed by atoms with Crippen molar-refractivity contribution in [2.75, 3.05) is 19.0 Å². The number of hydrogen-bond acceptors (Lipinski definition) is 2. The van der Waals surface area contributed by atoms with E-state index >= 15 is 0 Å². The van der Waals surface area contributed by atoms with Crippen molar-refractivity contribution in [2.45, 2.75) is 0 Å². The first kappa shape index (κ1) is 11.0. The van der Waals surface area contributed by atoms with Gasteiger partial charge in [0.15, 0.2) is 0 Å². The van der Waals surface area contributed by atoms with Gasteiger partial charge >= 0.3 is 0 Å². The third-order valence-corrected chi connectivity index (χ3v) is 2.13. The van der Waals surface area contributed by atoms with Crippen LogP contribution in [0.3, 0.4) is 0 Å². The Morgan fingerprint density at radius 2 is 2.07 bits per heavy atom. The van der Waals surface area contributed by atoms with Crippen LogP contribution in [0.5, 0.6) is 5.75 Å². The number of amides is 1. The number of ether oxygens (including phenoxy) is 1. The normalized spacial score (nSPS) is 9.57. The molecule has 0 atom stereocenters. The van der Waals surface area contributed by atoms with Gasteiger partial charge in [-0.05, 0) is 24.3 Å². The van der Waals surface area contributed by atoms with Gasteiger partial charge in [0.05, 0.1) is 7.11 Å². The molecular weight excluding hydrogens is 246 g/mol. The van der Waals surface area contributed by atoms with Crippen molar-refractivity contribution in [2.24, 2.45) is 0 Å². The predicted molar refractivity (Wildman–Crippen MR) is 59.1 cm³/mol. The molecular formula is C10H12BrNO2. The molecule has 1 aromatic rings. The Kier molecular flexibility index (Phi) is 4.46. The number of alkyl halides is 1. The summed E-state index contributed by atoms with van der Waals surface area (Å²) in [5.41, 5.74) is 0.645. The average molecular weight is 258 g/mol. The SMILES string of the molecule is COc1ccc(C(=O)NCCBr)cc1. The molecule has 1 N–H and O–H groups in total. The minimum Gasteiger partial charge on any atom is -0.497 e. The third-order valence-electron chi connectivity index (χ3n) is 1.73. The first-order valence-corrected chi connectivity index (χ1v) is 5.38. The number of halogens is 1. The Bertz CT molecular complexity index is 297. The van der Waals surface area contributed by atoms with Gasteiger partial charge in [-0.1, -0.05) is 15.9 Å². The highest BCUT2D eigenvalue weighted by molar-refractivity contribution is 9.09. The predicted octanol–water partition coefficient (Wildman–Crippen LogP) is 1.82. The molecule has 0 bridgehead atoms. The van der Waals surface area contributed by atoms with Gasteiger partial charge in [-0.25, -0.2) is 0 Å². The number of benzene rings is 1. The van der Waals surface area contributed by atoms with Gasteiger partial charge < -0.3 is 10.1 Å². The summed E-state index contributed by atoms with van der Waals surface area (Å²) in [6.07, 6.45) is 0. The standard InChI is InChI=1S/C10H12BrNO2/c1-14-9-4-2-8(3-5-9)10(13)12-7-6-11/h2-5H,6-7H2,1H3,(H,12,13). The zero-order chi connectivity index (χ0) is 10.4. The van der Waals surface area contributed by atoms with Gasteiger partial charge in [0, 0.05) is 17.4 Å². The van der Waals surface area contributed by atoms with Crippen LogP contribution in [0.25, 0.3) is 0 Å². The van der Waals surface area contributed by atoms with E-state index in [2.05, 4.69) is 21.2 Å². The first-order chi connectivity index (χ1) is 6.77. The number of hydrogen-bond donors (Lipinski definition) is 1. The molecule has 0 fully saturated rings. The lowest BCUT2D eigenvalue weighted by atomic mass is 10.2. The molecule has 3 nitrogen and oxygen atoms in total. The van der Waals surface area contributed by atoms with E-state index < -0.39 is 0 Å². The summed E-state index contributed by atoms with van der Waals surface area (Å²) in [5.74, 6) is 0.689. The number of nitrogens with one attached hydrogen (secondary N) is 1. The summed E-state index contributed by atoms with van der Waals surface area (Å²) in [7, 11) is 1.60. The molecule has 0 radical (unpaired) electrons. The number of rotatable bonds is 4. The molecule has 14 heavy (non-hydrogen) atoms. The van der Waals surface area contributed by atoms with Crippen molar-refractivity contribution < 1.29 is 9.53 Å². The van der Waals surface area contributed by atoms with Crippen LogP contribution < -0.4 is 10.1 Å². The maximum Gasteiger partial charge on any atom is 0.251 e. The van der Waals surface area contributed by atoms with E-state index in [0.717, 1.165) is 11.1 Å². The van der Waals surface area contributed by atoms with Crippen molar-refractivity contribution >= 4 is 21.8 Å².